The number of aliphatic imine (C=N–C) groups is 1. The Labute approximate surface area is 244 Å². The molecule has 0 spiro atoms. The third kappa shape index (κ3) is 11.3. The number of nitrogens with zero attached hydrogens (tertiary/aromatic N) is 2. The summed E-state index contributed by atoms with van der Waals surface area (Å²) in [5, 5.41) is 20.3. The summed E-state index contributed by atoms with van der Waals surface area (Å²) >= 11 is 1.56. The van der Waals surface area contributed by atoms with Crippen molar-refractivity contribution >= 4 is 40.3 Å². The highest BCUT2D eigenvalue weighted by atomic mass is 32.1. The number of aromatic hydroxyl groups is 1. The molecule has 4 rings (SSSR count). The lowest BCUT2D eigenvalue weighted by Crippen LogP contribution is -2.11. The maximum Gasteiger partial charge on any atom is 0.141 e. The number of allylic oxidation sites excluding steroid dienone is 5. The summed E-state index contributed by atoms with van der Waals surface area (Å²) in [6, 6.07) is 13.5. The van der Waals surface area contributed by atoms with Crippen molar-refractivity contribution in [2.24, 2.45) is 4.99 Å². The van der Waals surface area contributed by atoms with Crippen molar-refractivity contribution in [2.75, 3.05) is 24.2 Å². The molecule has 0 saturated heterocycles. The van der Waals surface area contributed by atoms with E-state index in [4.69, 9.17) is 0 Å². The number of nitrogens with one attached hydrogen (secondary N) is 3. The molecule has 3 aromatic rings. The molecule has 0 fully saturated rings. The van der Waals surface area contributed by atoms with Gasteiger partial charge in [-0.15, -0.1) is 11.3 Å². The fourth-order valence-corrected chi connectivity index (χ4v) is 4.23. The second-order valence-corrected chi connectivity index (χ2v) is 10.5. The first-order valence-corrected chi connectivity index (χ1v) is 14.3. The fraction of sp³-hybridized carbons (Fsp3) is 0.273. The molecule has 0 bridgehead atoms. The summed E-state index contributed by atoms with van der Waals surface area (Å²) in [6.07, 6.45) is 13.3. The zero-order chi connectivity index (χ0) is 29.3. The first-order chi connectivity index (χ1) is 19.2. The minimum absolute atomic E-state index is 0.184. The smallest absolute Gasteiger partial charge is 0.141 e. The van der Waals surface area contributed by atoms with Crippen LogP contribution < -0.4 is 16.0 Å². The van der Waals surface area contributed by atoms with Gasteiger partial charge in [-0.2, -0.15) is 0 Å². The van der Waals surface area contributed by atoms with Crippen LogP contribution in [-0.2, 0) is 6.42 Å². The summed E-state index contributed by atoms with van der Waals surface area (Å²) in [5.74, 6) is 0.184. The van der Waals surface area contributed by atoms with Gasteiger partial charge < -0.3 is 21.1 Å². The maximum atomic E-state index is 9.87. The summed E-state index contributed by atoms with van der Waals surface area (Å²) < 4.78 is 0. The van der Waals surface area contributed by atoms with E-state index < -0.39 is 0 Å². The molecule has 40 heavy (non-hydrogen) atoms. The van der Waals surface area contributed by atoms with Crippen LogP contribution in [0.2, 0.25) is 0 Å². The summed E-state index contributed by atoms with van der Waals surface area (Å²) in [7, 11) is 1.81. The quantitative estimate of drug-likeness (QED) is 0.114. The van der Waals surface area contributed by atoms with Gasteiger partial charge in [0.15, 0.2) is 0 Å². The van der Waals surface area contributed by atoms with Crippen molar-refractivity contribution in [2.45, 2.75) is 47.0 Å². The van der Waals surface area contributed by atoms with E-state index in [0.717, 1.165) is 45.5 Å². The van der Waals surface area contributed by atoms with Crippen LogP contribution in [0.25, 0.3) is 5.70 Å². The van der Waals surface area contributed by atoms with E-state index in [2.05, 4.69) is 65.1 Å². The van der Waals surface area contributed by atoms with E-state index in [1.807, 2.05) is 56.5 Å². The Balaban J connectivity index is 0.000000223. The normalized spacial score (nSPS) is 11.6. The number of thiazole rings is 1. The van der Waals surface area contributed by atoms with E-state index in [-0.39, 0.29) is 5.75 Å². The number of fused-ring (bicyclic) bond motifs is 1. The van der Waals surface area contributed by atoms with Gasteiger partial charge in [0.25, 0.3) is 0 Å². The van der Waals surface area contributed by atoms with E-state index in [1.165, 1.54) is 24.1 Å². The molecule has 0 saturated carbocycles. The van der Waals surface area contributed by atoms with Crippen molar-refractivity contribution in [1.29, 1.82) is 0 Å². The van der Waals surface area contributed by atoms with Crippen molar-refractivity contribution in [1.82, 2.24) is 10.3 Å². The third-order valence-electron chi connectivity index (χ3n) is 5.70. The largest absolute Gasteiger partial charge is 0.506 e. The highest BCUT2D eigenvalue weighted by molar-refractivity contribution is 7.12. The predicted octanol–water partition coefficient (Wildman–Crippen LogP) is 8.64. The van der Waals surface area contributed by atoms with Crippen molar-refractivity contribution in [3.05, 3.63) is 107 Å². The van der Waals surface area contributed by atoms with Crippen LogP contribution >= 0.6 is 11.3 Å². The van der Waals surface area contributed by atoms with Crippen molar-refractivity contribution in [3.63, 3.8) is 0 Å². The van der Waals surface area contributed by atoms with E-state index in [9.17, 15) is 5.11 Å². The average molecular weight is 558 g/mol. The van der Waals surface area contributed by atoms with Gasteiger partial charge in [0.1, 0.15) is 11.4 Å². The first kappa shape index (κ1) is 32.1. The third-order valence-corrected chi connectivity index (χ3v) is 6.67. The minimum atomic E-state index is 0.184. The van der Waals surface area contributed by atoms with E-state index in [1.54, 1.807) is 36.7 Å². The number of hydrogen-bond acceptors (Lipinski definition) is 7. The summed E-state index contributed by atoms with van der Waals surface area (Å²) in [4.78, 5) is 9.31. The lowest BCUT2D eigenvalue weighted by atomic mass is 10.2. The molecule has 0 aliphatic carbocycles. The van der Waals surface area contributed by atoms with Gasteiger partial charge in [0, 0.05) is 38.1 Å². The number of unbranched alkanes of at least 4 members (excludes halogenated alkanes) is 1. The predicted molar refractivity (Wildman–Crippen MR) is 176 cm³/mol. The van der Waals surface area contributed by atoms with Crippen molar-refractivity contribution in [3.8, 4) is 5.75 Å². The summed E-state index contributed by atoms with van der Waals surface area (Å²) in [5.41, 5.74) is 6.94. The van der Waals surface area contributed by atoms with Crippen LogP contribution in [0.15, 0.2) is 96.3 Å². The van der Waals surface area contributed by atoms with Gasteiger partial charge >= 0.3 is 0 Å². The lowest BCUT2D eigenvalue weighted by molar-refractivity contribution is 0.478. The molecule has 0 unspecified atom stereocenters. The molecular weight excluding hydrogens is 514 g/mol. The SMILES string of the molecule is C1=Nc2ccccc2C1.C=C(C)/C=C\C=C(/C)NCCCC.C=C(Nc1c(O)cccc1NC)c1cnc(C)s1. The topological polar surface area (TPSA) is 81.6 Å². The monoisotopic (exact) mass is 557 g/mol. The molecule has 2 heterocycles. The Morgan fingerprint density at radius 3 is 2.55 bits per heavy atom. The second kappa shape index (κ2) is 17.5. The van der Waals surface area contributed by atoms with Gasteiger partial charge in [-0.1, -0.05) is 68.5 Å². The molecule has 1 aliphatic heterocycles. The number of aromatic nitrogens is 1. The number of aryl methyl sites for hydroxylation is 1. The molecule has 7 heteroatoms. The first-order valence-electron chi connectivity index (χ1n) is 13.5. The van der Waals surface area contributed by atoms with Gasteiger partial charge in [-0.05, 0) is 57.0 Å². The maximum absolute atomic E-state index is 9.87. The molecular formula is C33H43N5OS. The van der Waals surface area contributed by atoms with Crippen LogP contribution in [-0.4, -0.2) is 29.9 Å². The van der Waals surface area contributed by atoms with Crippen LogP contribution in [0.1, 0.15) is 49.1 Å². The zero-order valence-electron chi connectivity index (χ0n) is 24.4. The number of rotatable bonds is 10. The minimum Gasteiger partial charge on any atom is -0.506 e. The highest BCUT2D eigenvalue weighted by Crippen LogP contribution is 2.34. The Kier molecular flexibility index (Phi) is 14.0. The zero-order valence-corrected chi connectivity index (χ0v) is 25.2. The van der Waals surface area contributed by atoms with Crippen LogP contribution in [0.4, 0.5) is 17.1 Å². The standard InChI is InChI=1S/C13H15N3OS.C12H21N.C8H7N/c1-8(12-7-15-9(2)18-12)16-13-10(14-3)5-4-6-11(13)17;1-5-6-10-13-12(4)9-7-8-11(2)3;1-2-4-8-7(3-1)5-6-9-8/h4-7,14,16-17H,1H2,2-3H3;7-9,13H,2,5-6,10H2,1,3-4H3;1-4,6H,5H2/b;8-7-,12-9+;. The average Bonchev–Trinajstić information content (AvgIpc) is 3.59. The number of phenols is 1. The Morgan fingerprint density at radius 1 is 1.12 bits per heavy atom. The molecule has 2 aromatic carbocycles. The summed E-state index contributed by atoms with van der Waals surface area (Å²) in [6.45, 7) is 17.0. The molecule has 1 aromatic heterocycles. The second-order valence-electron chi connectivity index (χ2n) is 9.28. The van der Waals surface area contributed by atoms with E-state index >= 15 is 0 Å². The van der Waals surface area contributed by atoms with Gasteiger partial charge in [0.05, 0.1) is 27.0 Å². The molecule has 0 amide bonds. The number of para-hydroxylation sites is 2. The Hall–Kier alpha value is -4.10. The molecule has 6 nitrogen and oxygen atoms in total. The van der Waals surface area contributed by atoms with Crippen LogP contribution in [0, 0.1) is 6.92 Å². The number of anilines is 2. The number of phenolic OH excluding ortho intramolecular Hbond substituents is 1. The van der Waals surface area contributed by atoms with Gasteiger partial charge in [-0.25, -0.2) is 4.98 Å². The molecule has 1 aliphatic rings. The van der Waals surface area contributed by atoms with E-state index in [0.29, 0.717) is 5.69 Å². The molecule has 0 radical (unpaired) electrons. The Morgan fingerprint density at radius 2 is 1.90 bits per heavy atom. The Bertz CT molecular complexity index is 1340. The molecule has 4 N–H and O–H groups in total. The van der Waals surface area contributed by atoms with Gasteiger partial charge in [-0.3, -0.25) is 4.99 Å². The van der Waals surface area contributed by atoms with Crippen LogP contribution in [0.5, 0.6) is 5.75 Å². The lowest BCUT2D eigenvalue weighted by Gasteiger charge is -2.14. The van der Waals surface area contributed by atoms with Crippen molar-refractivity contribution < 1.29 is 5.11 Å². The number of hydrogen-bond donors (Lipinski definition) is 4. The van der Waals surface area contributed by atoms with Gasteiger partial charge in [0.2, 0.25) is 0 Å². The number of benzene rings is 2. The highest BCUT2D eigenvalue weighted by Gasteiger charge is 2.10. The fourth-order valence-electron chi connectivity index (χ4n) is 3.52. The molecule has 212 valence electrons. The van der Waals surface area contributed by atoms with Crippen LogP contribution in [0.3, 0.4) is 0 Å². The molecule has 0 atom stereocenters.